The number of carbonyl (C=O) groups is 2. The molecule has 0 saturated heterocycles. The van der Waals surface area contributed by atoms with Crippen LogP contribution in [0.3, 0.4) is 0 Å². The average Bonchev–Trinajstić information content (AvgIpc) is 2.25. The first-order chi connectivity index (χ1) is 8.67. The highest BCUT2D eigenvalue weighted by molar-refractivity contribution is 7.71. The fourth-order valence-electron chi connectivity index (χ4n) is 1.59. The molecular weight excluding hydrogens is 264 g/mol. The quantitative estimate of drug-likeness (QED) is 0.505. The van der Waals surface area contributed by atoms with Crippen molar-refractivity contribution in [1.82, 2.24) is 4.98 Å². The third-order valence-electron chi connectivity index (χ3n) is 2.34. The van der Waals surface area contributed by atoms with Gasteiger partial charge in [0.2, 0.25) is 0 Å². The largest absolute Gasteiger partial charge is 0.456 e. The Morgan fingerprint density at radius 2 is 2.00 bits per heavy atom. The maximum Gasteiger partial charge on any atom is 0.341 e. The van der Waals surface area contributed by atoms with Gasteiger partial charge in [0, 0.05) is 18.4 Å². The summed E-state index contributed by atoms with van der Waals surface area (Å²) in [5.41, 5.74) is 5.89. The molecule has 0 aliphatic heterocycles. The van der Waals surface area contributed by atoms with Gasteiger partial charge < -0.3 is 15.5 Å². The Morgan fingerprint density at radius 1 is 1.42 bits per heavy atom. The first-order valence-electron chi connectivity index (χ1n) is 5.86. The number of aromatic nitrogens is 1. The van der Waals surface area contributed by atoms with Crippen molar-refractivity contribution in [3.05, 3.63) is 27.5 Å². The third kappa shape index (κ3) is 3.71. The summed E-state index contributed by atoms with van der Waals surface area (Å²) < 4.78 is 5.43. The molecule has 0 amide bonds. The smallest absolute Gasteiger partial charge is 0.341 e. The van der Waals surface area contributed by atoms with Gasteiger partial charge in [-0.3, -0.25) is 4.79 Å². The second-order valence-corrected chi connectivity index (χ2v) is 5.56. The lowest BCUT2D eigenvalue weighted by Crippen LogP contribution is -2.24. The van der Waals surface area contributed by atoms with Gasteiger partial charge in [0.15, 0.2) is 5.78 Å². The summed E-state index contributed by atoms with van der Waals surface area (Å²) in [7, 11) is 0. The Labute approximate surface area is 117 Å². The molecule has 0 spiro atoms. The number of pyridine rings is 1. The van der Waals surface area contributed by atoms with Crippen molar-refractivity contribution in [2.45, 2.75) is 39.8 Å². The monoisotopic (exact) mass is 282 g/mol. The molecule has 0 saturated carbocycles. The zero-order valence-electron chi connectivity index (χ0n) is 11.5. The lowest BCUT2D eigenvalue weighted by atomic mass is 10.1. The van der Waals surface area contributed by atoms with Crippen LogP contribution < -0.4 is 5.73 Å². The van der Waals surface area contributed by atoms with Crippen LogP contribution >= 0.6 is 12.2 Å². The second kappa shape index (κ2) is 5.63. The highest BCUT2D eigenvalue weighted by Crippen LogP contribution is 2.17. The summed E-state index contributed by atoms with van der Waals surface area (Å²) >= 11 is 5.19. The predicted octanol–water partition coefficient (Wildman–Crippen LogP) is 2.36. The predicted molar refractivity (Wildman–Crippen MR) is 74.7 cm³/mol. The minimum atomic E-state index is -0.623. The lowest BCUT2D eigenvalue weighted by Gasteiger charge is -2.20. The number of H-pyrrole nitrogens is 1. The van der Waals surface area contributed by atoms with Gasteiger partial charge in [-0.05, 0) is 27.7 Å². The molecule has 3 N–H and O–H groups in total. The Bertz CT molecular complexity index is 570. The van der Waals surface area contributed by atoms with Crippen LogP contribution in [0, 0.1) is 4.51 Å². The van der Waals surface area contributed by atoms with Crippen molar-refractivity contribution in [1.29, 1.82) is 0 Å². The maximum absolute atomic E-state index is 12.0. The van der Waals surface area contributed by atoms with Crippen molar-refractivity contribution < 1.29 is 14.3 Å². The van der Waals surface area contributed by atoms with E-state index in [-0.39, 0.29) is 28.0 Å². The van der Waals surface area contributed by atoms with Gasteiger partial charge in [0.1, 0.15) is 5.60 Å². The van der Waals surface area contributed by atoms with E-state index >= 15 is 0 Å². The minimum Gasteiger partial charge on any atom is -0.456 e. The molecule has 1 rings (SSSR count). The van der Waals surface area contributed by atoms with Gasteiger partial charge in [-0.1, -0.05) is 12.2 Å². The Kier molecular flexibility index (Phi) is 4.60. The number of ketones is 1. The molecule has 1 aromatic rings. The molecule has 0 aliphatic carbocycles. The number of nitrogens with two attached hydrogens (primary N) is 1. The van der Waals surface area contributed by atoms with Crippen molar-refractivity contribution in [3.63, 3.8) is 0 Å². The van der Waals surface area contributed by atoms with Gasteiger partial charge in [0.05, 0.1) is 15.6 Å². The first kappa shape index (κ1) is 15.5. The van der Waals surface area contributed by atoms with Crippen LogP contribution in [0.15, 0.2) is 6.20 Å². The minimum absolute atomic E-state index is 0.146. The molecule has 104 valence electrons. The molecule has 6 heteroatoms. The van der Waals surface area contributed by atoms with E-state index < -0.39 is 11.6 Å². The molecule has 0 radical (unpaired) electrons. The molecule has 19 heavy (non-hydrogen) atoms. The van der Waals surface area contributed by atoms with Crippen molar-refractivity contribution in [3.8, 4) is 0 Å². The summed E-state index contributed by atoms with van der Waals surface area (Å²) in [5.74, 6) is -0.785. The van der Waals surface area contributed by atoms with E-state index in [0.717, 1.165) is 0 Å². The third-order valence-corrected chi connectivity index (χ3v) is 2.76. The molecule has 0 bridgehead atoms. The molecule has 1 aromatic heterocycles. The van der Waals surface area contributed by atoms with E-state index in [1.807, 2.05) is 0 Å². The summed E-state index contributed by atoms with van der Waals surface area (Å²) in [5, 5.41) is 0. The van der Waals surface area contributed by atoms with Gasteiger partial charge in [-0.2, -0.15) is 0 Å². The normalized spacial score (nSPS) is 11.2. The zero-order chi connectivity index (χ0) is 14.8. The molecule has 0 atom stereocenters. The average molecular weight is 282 g/mol. The van der Waals surface area contributed by atoms with E-state index in [9.17, 15) is 9.59 Å². The molecule has 0 unspecified atom stereocenters. The number of nitrogens with one attached hydrogen (secondary N) is 1. The number of Topliss-reactive ketones (excluding diaryl/α,β-unsaturated/α-hetero) is 1. The zero-order valence-corrected chi connectivity index (χ0v) is 12.3. The van der Waals surface area contributed by atoms with E-state index in [0.29, 0.717) is 5.69 Å². The number of esters is 1. The highest BCUT2D eigenvalue weighted by Gasteiger charge is 2.22. The van der Waals surface area contributed by atoms with Crippen LogP contribution in [-0.4, -0.2) is 22.3 Å². The van der Waals surface area contributed by atoms with Crippen molar-refractivity contribution in [2.24, 2.45) is 5.73 Å². The first-order valence-corrected chi connectivity index (χ1v) is 6.27. The fourth-order valence-corrected chi connectivity index (χ4v) is 2.00. The summed E-state index contributed by atoms with van der Waals surface area (Å²) in [6.07, 6.45) is 1.44. The fraction of sp³-hybridized carbons (Fsp3) is 0.462. The van der Waals surface area contributed by atoms with Crippen LogP contribution in [-0.2, 0) is 11.3 Å². The van der Waals surface area contributed by atoms with Gasteiger partial charge in [0.25, 0.3) is 0 Å². The second-order valence-electron chi connectivity index (χ2n) is 5.15. The number of aromatic amines is 1. The molecular formula is C13H18N2O3S. The Hall–Kier alpha value is -1.53. The number of hydrogen-bond acceptors (Lipinski definition) is 5. The maximum atomic E-state index is 12.0. The van der Waals surface area contributed by atoms with Crippen LogP contribution in [0.4, 0.5) is 0 Å². The van der Waals surface area contributed by atoms with Gasteiger partial charge in [-0.15, -0.1) is 0 Å². The summed E-state index contributed by atoms with van der Waals surface area (Å²) in [4.78, 5) is 26.4. The van der Waals surface area contributed by atoms with E-state index in [2.05, 4.69) is 4.98 Å². The topological polar surface area (TPSA) is 85.2 Å². The summed E-state index contributed by atoms with van der Waals surface area (Å²) in [6, 6.07) is 0. The lowest BCUT2D eigenvalue weighted by molar-refractivity contribution is 0.00684. The van der Waals surface area contributed by atoms with Gasteiger partial charge in [-0.25, -0.2) is 4.79 Å². The highest BCUT2D eigenvalue weighted by atomic mass is 32.1. The Balaban J connectivity index is 3.33. The number of ether oxygens (including phenoxy) is 1. The van der Waals surface area contributed by atoms with Crippen LogP contribution in [0.1, 0.15) is 54.1 Å². The Morgan fingerprint density at radius 3 is 2.42 bits per heavy atom. The molecule has 0 aliphatic rings. The molecule has 1 heterocycles. The number of hydrogen-bond donors (Lipinski definition) is 2. The van der Waals surface area contributed by atoms with Gasteiger partial charge >= 0.3 is 5.97 Å². The van der Waals surface area contributed by atoms with Crippen molar-refractivity contribution in [2.75, 3.05) is 0 Å². The number of carbonyl (C=O) groups excluding carboxylic acids is 2. The molecule has 0 fully saturated rings. The SMILES string of the molecule is CC(=O)c1c(CN)[nH]cc(C(=O)OC(C)(C)C)c1=S. The van der Waals surface area contributed by atoms with E-state index in [1.165, 1.54) is 13.1 Å². The molecule has 5 nitrogen and oxygen atoms in total. The standard InChI is InChI=1S/C13H18N2O3S/c1-7(16)10-9(5-14)15-6-8(11(10)19)12(17)18-13(2,3)4/h6H,5,14H2,1-4H3,(H,15,19). The van der Waals surface area contributed by atoms with E-state index in [1.54, 1.807) is 20.8 Å². The van der Waals surface area contributed by atoms with E-state index in [4.69, 9.17) is 22.7 Å². The van der Waals surface area contributed by atoms with Crippen LogP contribution in [0.5, 0.6) is 0 Å². The van der Waals surface area contributed by atoms with Crippen molar-refractivity contribution >= 4 is 24.0 Å². The number of rotatable bonds is 3. The molecule has 0 aromatic carbocycles. The van der Waals surface area contributed by atoms with Crippen LogP contribution in [0.2, 0.25) is 0 Å². The summed E-state index contributed by atoms with van der Waals surface area (Å²) in [6.45, 7) is 6.82. The van der Waals surface area contributed by atoms with Crippen LogP contribution in [0.25, 0.3) is 0 Å².